The number of guanidine groups is 1. The van der Waals surface area contributed by atoms with Crippen LogP contribution in [0.2, 0.25) is 0 Å². The second-order valence-electron chi connectivity index (χ2n) is 4.74. The maximum atomic E-state index is 9.94. The third kappa shape index (κ3) is 10.7. The van der Waals surface area contributed by atoms with Gasteiger partial charge in [-0.25, -0.2) is 10.1 Å². The third-order valence-corrected chi connectivity index (χ3v) is 1.68. The number of nitro groups is 1. The molecule has 0 atom stereocenters. The first-order valence-corrected chi connectivity index (χ1v) is 5.24. The molecule has 94 valence electrons. The van der Waals surface area contributed by atoms with Gasteiger partial charge in [-0.15, -0.1) is 0 Å². The van der Waals surface area contributed by atoms with Crippen LogP contribution in [0.25, 0.3) is 0 Å². The lowest BCUT2D eigenvalue weighted by Crippen LogP contribution is -2.35. The van der Waals surface area contributed by atoms with E-state index in [1.54, 1.807) is 0 Å². The SMILES string of the molecule is CC(C)(C)CNCCCN/C(N)=N\[N+](=O)[O-]. The van der Waals surface area contributed by atoms with E-state index in [-0.39, 0.29) is 11.4 Å². The van der Waals surface area contributed by atoms with Crippen molar-refractivity contribution in [2.75, 3.05) is 19.6 Å². The Morgan fingerprint density at radius 2 is 2.06 bits per heavy atom. The molecule has 0 fully saturated rings. The van der Waals surface area contributed by atoms with Gasteiger partial charge in [0.05, 0.1) is 0 Å². The maximum absolute atomic E-state index is 9.94. The van der Waals surface area contributed by atoms with Crippen molar-refractivity contribution in [3.8, 4) is 0 Å². The van der Waals surface area contributed by atoms with Crippen molar-refractivity contribution >= 4 is 5.96 Å². The number of nitrogens with two attached hydrogens (primary N) is 1. The lowest BCUT2D eigenvalue weighted by atomic mass is 9.97. The predicted molar refractivity (Wildman–Crippen MR) is 63.6 cm³/mol. The molecule has 0 saturated heterocycles. The minimum Gasteiger partial charge on any atom is -0.365 e. The van der Waals surface area contributed by atoms with E-state index in [9.17, 15) is 10.1 Å². The quantitative estimate of drug-likeness (QED) is 0.198. The molecule has 0 spiro atoms. The van der Waals surface area contributed by atoms with E-state index in [1.807, 2.05) is 0 Å². The van der Waals surface area contributed by atoms with Crippen molar-refractivity contribution < 1.29 is 5.03 Å². The minimum absolute atomic E-state index is 0.152. The van der Waals surface area contributed by atoms with Gasteiger partial charge in [-0.3, -0.25) is 0 Å². The van der Waals surface area contributed by atoms with Crippen LogP contribution >= 0.6 is 0 Å². The highest BCUT2D eigenvalue weighted by Gasteiger charge is 2.08. The molecule has 0 amide bonds. The van der Waals surface area contributed by atoms with Crippen molar-refractivity contribution in [2.24, 2.45) is 16.3 Å². The highest BCUT2D eigenvalue weighted by atomic mass is 16.7. The summed E-state index contributed by atoms with van der Waals surface area (Å²) in [6.07, 6.45) is 0.837. The Morgan fingerprint density at radius 1 is 1.44 bits per heavy atom. The molecular formula is C9H21N5O2. The Morgan fingerprint density at radius 3 is 2.56 bits per heavy atom. The largest absolute Gasteiger partial charge is 0.365 e. The molecule has 0 aromatic carbocycles. The number of hydrogen-bond donors (Lipinski definition) is 3. The monoisotopic (exact) mass is 231 g/mol. The second kappa shape index (κ2) is 7.00. The standard InChI is InChI=1S/C9H21N5O2/c1-9(2,3)7-11-5-4-6-12-8(10)13-14(15)16/h11H,4-7H2,1-3H3,(H3,10,12,13). The molecule has 0 aromatic heterocycles. The zero-order valence-electron chi connectivity index (χ0n) is 10.1. The summed E-state index contributed by atoms with van der Waals surface area (Å²) in [7, 11) is 0. The molecule has 0 heterocycles. The zero-order valence-corrected chi connectivity index (χ0v) is 10.1. The van der Waals surface area contributed by atoms with Crippen LogP contribution in [0.3, 0.4) is 0 Å². The molecule has 0 aromatic rings. The van der Waals surface area contributed by atoms with Gasteiger partial charge in [0.25, 0.3) is 5.96 Å². The van der Waals surface area contributed by atoms with Crippen molar-refractivity contribution in [3.63, 3.8) is 0 Å². The Balaban J connectivity index is 3.44. The zero-order chi connectivity index (χ0) is 12.6. The lowest BCUT2D eigenvalue weighted by Gasteiger charge is -2.18. The molecule has 7 heteroatoms. The second-order valence-corrected chi connectivity index (χ2v) is 4.74. The average Bonchev–Trinajstić information content (AvgIpc) is 2.07. The summed E-state index contributed by atoms with van der Waals surface area (Å²) in [6, 6.07) is 0. The lowest BCUT2D eigenvalue weighted by molar-refractivity contribution is -0.485. The van der Waals surface area contributed by atoms with Crippen LogP contribution < -0.4 is 16.4 Å². The van der Waals surface area contributed by atoms with E-state index < -0.39 is 5.03 Å². The Bertz CT molecular complexity index is 247. The van der Waals surface area contributed by atoms with Gasteiger partial charge < -0.3 is 16.4 Å². The molecule has 0 rings (SSSR count). The van der Waals surface area contributed by atoms with Gasteiger partial charge in [-0.05, 0) is 24.9 Å². The van der Waals surface area contributed by atoms with Gasteiger partial charge in [0.15, 0.2) is 5.03 Å². The summed E-state index contributed by atoms with van der Waals surface area (Å²) >= 11 is 0. The smallest absolute Gasteiger partial charge is 0.266 e. The van der Waals surface area contributed by atoms with Crippen molar-refractivity contribution in [3.05, 3.63) is 10.1 Å². The summed E-state index contributed by atoms with van der Waals surface area (Å²) in [5.74, 6) is -0.152. The average molecular weight is 231 g/mol. The first-order valence-electron chi connectivity index (χ1n) is 5.24. The topological polar surface area (TPSA) is 106 Å². The normalized spacial score (nSPS) is 12.6. The Hall–Kier alpha value is -1.37. The number of hydrogen-bond acceptors (Lipinski definition) is 3. The number of rotatable bonds is 6. The van der Waals surface area contributed by atoms with Gasteiger partial charge in [0, 0.05) is 6.54 Å². The van der Waals surface area contributed by atoms with Crippen LogP contribution in [-0.2, 0) is 0 Å². The van der Waals surface area contributed by atoms with Crippen molar-refractivity contribution in [1.82, 2.24) is 10.6 Å². The third-order valence-electron chi connectivity index (χ3n) is 1.68. The number of nitrogens with one attached hydrogen (secondary N) is 2. The fourth-order valence-electron chi connectivity index (χ4n) is 1.02. The summed E-state index contributed by atoms with van der Waals surface area (Å²) in [5, 5.41) is 18.0. The van der Waals surface area contributed by atoms with E-state index in [0.717, 1.165) is 19.5 Å². The van der Waals surface area contributed by atoms with Gasteiger partial charge in [-0.2, -0.15) is 0 Å². The van der Waals surface area contributed by atoms with Gasteiger partial charge >= 0.3 is 0 Å². The van der Waals surface area contributed by atoms with Crippen LogP contribution in [0.1, 0.15) is 27.2 Å². The Kier molecular flexibility index (Phi) is 6.40. The van der Waals surface area contributed by atoms with E-state index in [2.05, 4.69) is 36.5 Å². The molecule has 0 bridgehead atoms. The van der Waals surface area contributed by atoms with Gasteiger partial charge in [0.2, 0.25) is 0 Å². The van der Waals surface area contributed by atoms with E-state index in [0.29, 0.717) is 6.54 Å². The summed E-state index contributed by atoms with van der Waals surface area (Å²) in [4.78, 5) is 9.94. The fraction of sp³-hybridized carbons (Fsp3) is 0.889. The summed E-state index contributed by atoms with van der Waals surface area (Å²) < 4.78 is 0. The van der Waals surface area contributed by atoms with Crippen LogP contribution in [0.4, 0.5) is 0 Å². The van der Waals surface area contributed by atoms with Crippen LogP contribution in [0.15, 0.2) is 5.10 Å². The van der Waals surface area contributed by atoms with Gasteiger partial charge in [-0.1, -0.05) is 20.8 Å². The van der Waals surface area contributed by atoms with Crippen molar-refractivity contribution in [2.45, 2.75) is 27.2 Å². The first-order chi connectivity index (χ1) is 7.31. The highest BCUT2D eigenvalue weighted by Crippen LogP contribution is 2.09. The fourth-order valence-corrected chi connectivity index (χ4v) is 1.02. The molecule has 0 unspecified atom stereocenters. The van der Waals surface area contributed by atoms with Crippen molar-refractivity contribution in [1.29, 1.82) is 0 Å². The van der Waals surface area contributed by atoms with E-state index in [4.69, 9.17) is 5.73 Å². The minimum atomic E-state index is -0.819. The molecule has 0 aliphatic heterocycles. The predicted octanol–water partition coefficient (Wildman–Crippen LogP) is 0.108. The molecule has 0 radical (unpaired) electrons. The molecular weight excluding hydrogens is 210 g/mol. The number of hydrazone groups is 1. The van der Waals surface area contributed by atoms with Crippen LogP contribution in [0.5, 0.6) is 0 Å². The summed E-state index contributed by atoms with van der Waals surface area (Å²) in [5.41, 5.74) is 5.50. The van der Waals surface area contributed by atoms with Crippen LogP contribution in [0, 0.1) is 15.5 Å². The Labute approximate surface area is 95.6 Å². The molecule has 0 aliphatic rings. The molecule has 16 heavy (non-hydrogen) atoms. The molecule has 4 N–H and O–H groups in total. The molecule has 0 saturated carbocycles. The van der Waals surface area contributed by atoms with E-state index >= 15 is 0 Å². The van der Waals surface area contributed by atoms with Crippen LogP contribution in [-0.4, -0.2) is 30.6 Å². The molecule has 0 aliphatic carbocycles. The first kappa shape index (κ1) is 14.6. The van der Waals surface area contributed by atoms with Gasteiger partial charge in [0.1, 0.15) is 5.10 Å². The molecule has 7 nitrogen and oxygen atoms in total. The number of nitrogens with zero attached hydrogens (tertiary/aromatic N) is 2. The van der Waals surface area contributed by atoms with E-state index in [1.165, 1.54) is 0 Å². The highest BCUT2D eigenvalue weighted by molar-refractivity contribution is 5.76. The summed E-state index contributed by atoms with van der Waals surface area (Å²) in [6.45, 7) is 8.81. The maximum Gasteiger partial charge on any atom is 0.266 e.